The molecule has 0 spiro atoms. The highest BCUT2D eigenvalue weighted by molar-refractivity contribution is 6.33. The summed E-state index contributed by atoms with van der Waals surface area (Å²) in [7, 11) is 0. The first-order chi connectivity index (χ1) is 9.58. The fourth-order valence-corrected chi connectivity index (χ4v) is 2.46. The lowest BCUT2D eigenvalue weighted by Gasteiger charge is -2.23. The van der Waals surface area contributed by atoms with Gasteiger partial charge in [-0.3, -0.25) is 0 Å². The minimum atomic E-state index is -0.317. The Hall–Kier alpha value is -1.54. The van der Waals surface area contributed by atoms with Crippen LogP contribution in [-0.2, 0) is 0 Å². The number of nitrogens with one attached hydrogen (secondary N) is 1. The summed E-state index contributed by atoms with van der Waals surface area (Å²) in [5.74, 6) is 0.181. The zero-order chi connectivity index (χ0) is 14.5. The van der Waals surface area contributed by atoms with E-state index >= 15 is 0 Å². The van der Waals surface area contributed by atoms with E-state index in [9.17, 15) is 4.39 Å². The van der Waals surface area contributed by atoms with Crippen LogP contribution < -0.4 is 5.32 Å². The molecular weight excluding hydrogens is 273 g/mol. The van der Waals surface area contributed by atoms with Crippen molar-refractivity contribution in [2.75, 3.05) is 5.32 Å². The van der Waals surface area contributed by atoms with Gasteiger partial charge in [0, 0.05) is 0 Å². The van der Waals surface area contributed by atoms with Crippen molar-refractivity contribution >= 4 is 17.3 Å². The number of anilines is 1. The lowest BCUT2D eigenvalue weighted by Crippen LogP contribution is -2.14. The summed E-state index contributed by atoms with van der Waals surface area (Å²) in [6.07, 6.45) is 0.911. The van der Waals surface area contributed by atoms with Gasteiger partial charge in [0.15, 0.2) is 0 Å². The van der Waals surface area contributed by atoms with E-state index in [-0.39, 0.29) is 11.9 Å². The number of halogens is 2. The Morgan fingerprint density at radius 1 is 1.05 bits per heavy atom. The molecule has 0 aliphatic rings. The van der Waals surface area contributed by atoms with E-state index < -0.39 is 0 Å². The van der Waals surface area contributed by atoms with E-state index in [1.165, 1.54) is 6.07 Å². The first-order valence-electron chi connectivity index (χ1n) is 6.83. The van der Waals surface area contributed by atoms with Crippen LogP contribution in [0.15, 0.2) is 48.5 Å². The monoisotopic (exact) mass is 291 g/mol. The molecule has 1 N–H and O–H groups in total. The molecule has 1 nitrogen and oxygen atoms in total. The summed E-state index contributed by atoms with van der Waals surface area (Å²) in [5, 5.41) is 3.67. The Morgan fingerprint density at radius 2 is 1.75 bits per heavy atom. The highest BCUT2D eigenvalue weighted by Gasteiger charge is 2.16. The van der Waals surface area contributed by atoms with Crippen molar-refractivity contribution in [3.05, 3.63) is 64.9 Å². The van der Waals surface area contributed by atoms with Gasteiger partial charge < -0.3 is 5.32 Å². The molecule has 1 atom stereocenters. The fourth-order valence-electron chi connectivity index (χ4n) is 2.25. The van der Waals surface area contributed by atoms with E-state index in [4.69, 9.17) is 11.6 Å². The standard InChI is InChI=1S/C17H19ClFN/c1-12(2)11-16(13-7-4-3-5-8-13)20-17-14(18)9-6-10-15(17)19/h3-10,12,16,20H,11H2,1-2H3. The van der Waals surface area contributed by atoms with Crippen LogP contribution >= 0.6 is 11.6 Å². The molecule has 2 rings (SSSR count). The van der Waals surface area contributed by atoms with Crippen LogP contribution in [0.3, 0.4) is 0 Å². The van der Waals surface area contributed by atoms with Gasteiger partial charge in [-0.2, -0.15) is 0 Å². The van der Waals surface area contributed by atoms with E-state index in [0.717, 1.165) is 12.0 Å². The molecule has 20 heavy (non-hydrogen) atoms. The third-order valence-electron chi connectivity index (χ3n) is 3.19. The molecule has 0 amide bonds. The summed E-state index contributed by atoms with van der Waals surface area (Å²) < 4.78 is 13.9. The highest BCUT2D eigenvalue weighted by atomic mass is 35.5. The van der Waals surface area contributed by atoms with Crippen LogP contribution in [0.4, 0.5) is 10.1 Å². The maximum atomic E-state index is 13.9. The molecule has 1 unspecified atom stereocenters. The average Bonchev–Trinajstić information content (AvgIpc) is 2.42. The third kappa shape index (κ3) is 3.73. The smallest absolute Gasteiger partial charge is 0.147 e. The van der Waals surface area contributed by atoms with Crippen molar-refractivity contribution < 1.29 is 4.39 Å². The fraction of sp³-hybridized carbons (Fsp3) is 0.294. The molecule has 2 aromatic rings. The highest BCUT2D eigenvalue weighted by Crippen LogP contribution is 2.31. The van der Waals surface area contributed by atoms with Gasteiger partial charge in [0.2, 0.25) is 0 Å². The topological polar surface area (TPSA) is 12.0 Å². The number of benzene rings is 2. The SMILES string of the molecule is CC(C)CC(Nc1c(F)cccc1Cl)c1ccccc1. The first kappa shape index (κ1) is 14.9. The van der Waals surface area contributed by atoms with Gasteiger partial charge in [-0.05, 0) is 30.0 Å². The minimum absolute atomic E-state index is 0.0469. The van der Waals surface area contributed by atoms with Crippen LogP contribution in [0, 0.1) is 11.7 Å². The molecule has 0 fully saturated rings. The third-order valence-corrected chi connectivity index (χ3v) is 3.51. The molecule has 0 bridgehead atoms. The largest absolute Gasteiger partial charge is 0.375 e. The van der Waals surface area contributed by atoms with E-state index in [1.807, 2.05) is 18.2 Å². The van der Waals surface area contributed by atoms with Crippen molar-refractivity contribution in [3.63, 3.8) is 0 Å². The van der Waals surface area contributed by atoms with Gasteiger partial charge >= 0.3 is 0 Å². The van der Waals surface area contributed by atoms with Crippen LogP contribution in [0.2, 0.25) is 5.02 Å². The Labute approximate surface area is 124 Å². The van der Waals surface area contributed by atoms with E-state index in [2.05, 4.69) is 31.3 Å². The Kier molecular flexibility index (Phi) is 5.02. The number of hydrogen-bond donors (Lipinski definition) is 1. The Bertz CT molecular complexity index is 534. The van der Waals surface area contributed by atoms with Crippen molar-refractivity contribution in [1.82, 2.24) is 0 Å². The molecular formula is C17H19ClFN. The van der Waals surface area contributed by atoms with Crippen LogP contribution in [-0.4, -0.2) is 0 Å². The van der Waals surface area contributed by atoms with E-state index in [0.29, 0.717) is 16.6 Å². The average molecular weight is 292 g/mol. The summed E-state index contributed by atoms with van der Waals surface area (Å²) in [6.45, 7) is 4.31. The quantitative estimate of drug-likeness (QED) is 0.747. The lowest BCUT2D eigenvalue weighted by atomic mass is 9.96. The molecule has 0 aliphatic carbocycles. The second-order valence-corrected chi connectivity index (χ2v) is 5.74. The van der Waals surface area contributed by atoms with Gasteiger partial charge in [0.1, 0.15) is 5.82 Å². The molecule has 3 heteroatoms. The minimum Gasteiger partial charge on any atom is -0.375 e. The number of hydrogen-bond acceptors (Lipinski definition) is 1. The van der Waals surface area contributed by atoms with Gasteiger partial charge in [-0.25, -0.2) is 4.39 Å². The van der Waals surface area contributed by atoms with Crippen molar-refractivity contribution in [2.24, 2.45) is 5.92 Å². The summed E-state index contributed by atoms with van der Waals surface area (Å²) in [4.78, 5) is 0. The zero-order valence-electron chi connectivity index (χ0n) is 11.7. The lowest BCUT2D eigenvalue weighted by molar-refractivity contribution is 0.527. The van der Waals surface area contributed by atoms with Crippen LogP contribution in [0.25, 0.3) is 0 Å². The maximum absolute atomic E-state index is 13.9. The molecule has 0 saturated heterocycles. The molecule has 0 heterocycles. The van der Waals surface area contributed by atoms with Crippen LogP contribution in [0.1, 0.15) is 31.9 Å². The molecule has 0 radical (unpaired) electrons. The molecule has 0 saturated carbocycles. The summed E-state index contributed by atoms with van der Waals surface area (Å²) in [5.41, 5.74) is 1.52. The van der Waals surface area contributed by atoms with Gasteiger partial charge in [-0.1, -0.05) is 61.8 Å². The predicted octanol–water partition coefficient (Wildman–Crippen LogP) is 5.68. The molecule has 2 aromatic carbocycles. The predicted molar refractivity (Wildman–Crippen MR) is 83.7 cm³/mol. The van der Waals surface area contributed by atoms with Gasteiger partial charge in [-0.15, -0.1) is 0 Å². The van der Waals surface area contributed by atoms with Gasteiger partial charge in [0.05, 0.1) is 16.8 Å². The molecule has 0 aliphatic heterocycles. The van der Waals surface area contributed by atoms with Crippen molar-refractivity contribution in [1.29, 1.82) is 0 Å². The summed E-state index contributed by atoms with van der Waals surface area (Å²) in [6, 6.07) is 14.8. The Morgan fingerprint density at radius 3 is 2.35 bits per heavy atom. The molecule has 106 valence electrons. The summed E-state index contributed by atoms with van der Waals surface area (Å²) >= 11 is 6.10. The number of rotatable bonds is 5. The Balaban J connectivity index is 2.29. The van der Waals surface area contributed by atoms with Crippen molar-refractivity contribution in [3.8, 4) is 0 Å². The van der Waals surface area contributed by atoms with Crippen molar-refractivity contribution in [2.45, 2.75) is 26.3 Å². The maximum Gasteiger partial charge on any atom is 0.147 e. The second kappa shape index (κ2) is 6.76. The normalized spacial score (nSPS) is 12.4. The van der Waals surface area contributed by atoms with Gasteiger partial charge in [0.25, 0.3) is 0 Å². The van der Waals surface area contributed by atoms with E-state index in [1.54, 1.807) is 12.1 Å². The van der Waals surface area contributed by atoms with Crippen LogP contribution in [0.5, 0.6) is 0 Å². The zero-order valence-corrected chi connectivity index (χ0v) is 12.5. The first-order valence-corrected chi connectivity index (χ1v) is 7.21. The molecule has 0 aromatic heterocycles. The second-order valence-electron chi connectivity index (χ2n) is 5.33. The number of para-hydroxylation sites is 1.